The van der Waals surface area contributed by atoms with Crippen LogP contribution in [0.3, 0.4) is 0 Å². The van der Waals surface area contributed by atoms with Crippen molar-refractivity contribution in [2.75, 3.05) is 20.3 Å². The van der Waals surface area contributed by atoms with Crippen molar-refractivity contribution in [2.45, 2.75) is 25.5 Å². The van der Waals surface area contributed by atoms with E-state index in [4.69, 9.17) is 9.47 Å². The van der Waals surface area contributed by atoms with Gasteiger partial charge >= 0.3 is 12.4 Å². The van der Waals surface area contributed by atoms with Crippen LogP contribution in [0.5, 0.6) is 5.75 Å². The maximum Gasteiger partial charge on any atom is 0.416 e. The largest absolute Gasteiger partial charge is 0.488 e. The quantitative estimate of drug-likeness (QED) is 0.424. The van der Waals surface area contributed by atoms with Crippen LogP contribution in [0.25, 0.3) is 0 Å². The lowest BCUT2D eigenvalue weighted by Gasteiger charge is -2.17. The Morgan fingerprint density at radius 2 is 1.67 bits per heavy atom. The van der Waals surface area contributed by atoms with Crippen molar-refractivity contribution in [3.8, 4) is 5.75 Å². The van der Waals surface area contributed by atoms with Gasteiger partial charge in [0.15, 0.2) is 0 Å². The number of ether oxygens (including phenoxy) is 2. The van der Waals surface area contributed by atoms with Gasteiger partial charge in [-0.05, 0) is 35.4 Å². The van der Waals surface area contributed by atoms with Crippen LogP contribution in [0.4, 0.5) is 26.3 Å². The lowest BCUT2D eigenvalue weighted by molar-refractivity contribution is -0.143. The number of methoxy groups -OCH3 is 1. The van der Waals surface area contributed by atoms with Crippen molar-refractivity contribution < 1.29 is 40.6 Å². The molecule has 0 unspecified atom stereocenters. The molecule has 2 aromatic carbocycles. The molecule has 4 nitrogen and oxygen atoms in total. The van der Waals surface area contributed by atoms with Gasteiger partial charge in [0.2, 0.25) is 6.41 Å². The number of carbonyl (C=O) groups excluding carboxylic acids is 1. The third-order valence-electron chi connectivity index (χ3n) is 3.98. The summed E-state index contributed by atoms with van der Waals surface area (Å²) in [5, 5.41) is 0. The SMILES string of the molecule is COCCN(C=O)Cc1[c]c(OCc2cc(C(F)(F)F)cc(C(F)(F)F)c2)ccc1. The van der Waals surface area contributed by atoms with Crippen LogP contribution in [-0.2, 0) is 35.0 Å². The highest BCUT2D eigenvalue weighted by molar-refractivity contribution is 5.47. The molecule has 0 saturated heterocycles. The topological polar surface area (TPSA) is 38.8 Å². The zero-order chi connectivity index (χ0) is 22.4. The highest BCUT2D eigenvalue weighted by Crippen LogP contribution is 2.36. The predicted molar refractivity (Wildman–Crippen MR) is 94.4 cm³/mol. The van der Waals surface area contributed by atoms with E-state index in [0.29, 0.717) is 37.3 Å². The summed E-state index contributed by atoms with van der Waals surface area (Å²) >= 11 is 0. The van der Waals surface area contributed by atoms with E-state index in [-0.39, 0.29) is 23.9 Å². The summed E-state index contributed by atoms with van der Waals surface area (Å²) < 4.78 is 87.9. The molecule has 10 heteroatoms. The molecule has 0 aliphatic heterocycles. The Bertz CT molecular complexity index is 819. The molecular formula is C20H18F6NO3. The Kier molecular flexibility index (Phi) is 7.71. The van der Waals surface area contributed by atoms with Crippen molar-refractivity contribution in [3.63, 3.8) is 0 Å². The van der Waals surface area contributed by atoms with Gasteiger partial charge in [-0.15, -0.1) is 0 Å². The van der Waals surface area contributed by atoms with E-state index in [9.17, 15) is 31.1 Å². The molecule has 0 spiro atoms. The average molecular weight is 434 g/mol. The molecule has 0 aliphatic carbocycles. The van der Waals surface area contributed by atoms with Crippen molar-refractivity contribution in [1.29, 1.82) is 0 Å². The first kappa shape index (κ1) is 23.5. The van der Waals surface area contributed by atoms with Gasteiger partial charge in [-0.2, -0.15) is 26.3 Å². The Labute approximate surface area is 169 Å². The van der Waals surface area contributed by atoms with Gasteiger partial charge in [0.1, 0.15) is 12.4 Å². The van der Waals surface area contributed by atoms with E-state index in [1.54, 1.807) is 12.1 Å². The lowest BCUT2D eigenvalue weighted by Crippen LogP contribution is -2.25. The number of halogens is 6. The number of carbonyl (C=O) groups is 1. The Morgan fingerprint density at radius 3 is 2.20 bits per heavy atom. The van der Waals surface area contributed by atoms with E-state index in [1.807, 2.05) is 0 Å². The summed E-state index contributed by atoms with van der Waals surface area (Å²) in [6, 6.07) is 8.81. The Hall–Kier alpha value is -2.75. The second kappa shape index (κ2) is 9.84. The minimum Gasteiger partial charge on any atom is -0.488 e. The van der Waals surface area contributed by atoms with Crippen molar-refractivity contribution in [2.24, 2.45) is 0 Å². The first-order chi connectivity index (χ1) is 14.0. The fourth-order valence-electron chi connectivity index (χ4n) is 2.53. The fourth-order valence-corrected chi connectivity index (χ4v) is 2.53. The number of rotatable bonds is 9. The zero-order valence-corrected chi connectivity index (χ0v) is 15.8. The van der Waals surface area contributed by atoms with Crippen LogP contribution < -0.4 is 4.74 Å². The summed E-state index contributed by atoms with van der Waals surface area (Å²) in [6.45, 7) is 0.329. The second-order valence-electron chi connectivity index (χ2n) is 6.31. The van der Waals surface area contributed by atoms with E-state index in [0.717, 1.165) is 0 Å². The smallest absolute Gasteiger partial charge is 0.416 e. The molecule has 0 aliphatic rings. The Morgan fingerprint density at radius 1 is 1.03 bits per heavy atom. The second-order valence-corrected chi connectivity index (χ2v) is 6.31. The van der Waals surface area contributed by atoms with E-state index < -0.39 is 30.1 Å². The van der Waals surface area contributed by atoms with Crippen LogP contribution in [0.1, 0.15) is 22.3 Å². The normalized spacial score (nSPS) is 12.0. The molecule has 1 amide bonds. The Balaban J connectivity index is 2.16. The maximum absolute atomic E-state index is 12.9. The van der Waals surface area contributed by atoms with Crippen LogP contribution in [0, 0.1) is 6.07 Å². The number of hydrogen-bond donors (Lipinski definition) is 0. The molecule has 0 bridgehead atoms. The zero-order valence-electron chi connectivity index (χ0n) is 15.8. The summed E-state index contributed by atoms with van der Waals surface area (Å²) in [6.07, 6.45) is -9.23. The standard InChI is InChI=1S/C20H18F6NO3/c1-29-6-5-27(13-28)11-14-3-2-4-18(9-14)30-12-15-7-16(19(21,22)23)10-17(8-15)20(24,25)26/h2-4,7-8,10,13H,5-6,11-12H2,1H3. The number of benzene rings is 2. The summed E-state index contributed by atoms with van der Waals surface area (Å²) in [5.74, 6) is 0.121. The molecule has 163 valence electrons. The molecule has 30 heavy (non-hydrogen) atoms. The summed E-state index contributed by atoms with van der Waals surface area (Å²) in [4.78, 5) is 12.5. The van der Waals surface area contributed by atoms with Crippen LogP contribution in [-0.4, -0.2) is 31.6 Å². The highest BCUT2D eigenvalue weighted by atomic mass is 19.4. The van der Waals surface area contributed by atoms with Gasteiger partial charge in [0, 0.05) is 26.3 Å². The highest BCUT2D eigenvalue weighted by Gasteiger charge is 2.36. The maximum atomic E-state index is 12.9. The molecule has 0 atom stereocenters. The third kappa shape index (κ3) is 6.94. The molecule has 0 fully saturated rings. The van der Waals surface area contributed by atoms with Crippen LogP contribution >= 0.6 is 0 Å². The number of hydrogen-bond acceptors (Lipinski definition) is 3. The lowest BCUT2D eigenvalue weighted by atomic mass is 10.1. The molecule has 2 aromatic rings. The van der Waals surface area contributed by atoms with Crippen LogP contribution in [0.2, 0.25) is 0 Å². The average Bonchev–Trinajstić information content (AvgIpc) is 2.68. The monoisotopic (exact) mass is 434 g/mol. The van der Waals surface area contributed by atoms with Crippen molar-refractivity contribution in [1.82, 2.24) is 4.90 Å². The van der Waals surface area contributed by atoms with Crippen LogP contribution in [0.15, 0.2) is 36.4 Å². The molecule has 0 heterocycles. The first-order valence-corrected chi connectivity index (χ1v) is 8.63. The fraction of sp³-hybridized carbons (Fsp3) is 0.350. The van der Waals surface area contributed by atoms with E-state index >= 15 is 0 Å². The summed E-state index contributed by atoms with van der Waals surface area (Å²) in [5.41, 5.74) is -2.55. The minimum absolute atomic E-state index is 0.0598. The van der Waals surface area contributed by atoms with Gasteiger partial charge < -0.3 is 14.4 Å². The number of alkyl halides is 6. The van der Waals surface area contributed by atoms with Gasteiger partial charge in [0.25, 0.3) is 0 Å². The molecule has 2 rings (SSSR count). The molecule has 0 aromatic heterocycles. The summed E-state index contributed by atoms with van der Waals surface area (Å²) in [7, 11) is 1.49. The molecular weight excluding hydrogens is 416 g/mol. The molecule has 1 radical (unpaired) electrons. The van der Waals surface area contributed by atoms with Gasteiger partial charge in [-0.3, -0.25) is 4.79 Å². The first-order valence-electron chi connectivity index (χ1n) is 8.63. The number of nitrogens with zero attached hydrogens (tertiary/aromatic N) is 1. The third-order valence-corrected chi connectivity index (χ3v) is 3.98. The van der Waals surface area contributed by atoms with Crippen molar-refractivity contribution in [3.05, 3.63) is 64.7 Å². The van der Waals surface area contributed by atoms with E-state index in [1.165, 1.54) is 18.1 Å². The molecule has 0 N–H and O–H groups in total. The van der Waals surface area contributed by atoms with Crippen molar-refractivity contribution >= 4 is 6.41 Å². The minimum atomic E-state index is -4.93. The molecule has 0 saturated carbocycles. The number of amides is 1. The van der Waals surface area contributed by atoms with Gasteiger partial charge in [0.05, 0.1) is 17.7 Å². The van der Waals surface area contributed by atoms with Gasteiger partial charge in [-0.25, -0.2) is 0 Å². The van der Waals surface area contributed by atoms with E-state index in [2.05, 4.69) is 6.07 Å². The predicted octanol–water partition coefficient (Wildman–Crippen LogP) is 4.71. The van der Waals surface area contributed by atoms with Gasteiger partial charge in [-0.1, -0.05) is 12.1 Å².